The molecule has 142 valence electrons. The second-order valence-corrected chi connectivity index (χ2v) is 6.86. The van der Waals surface area contributed by atoms with Crippen LogP contribution in [0, 0.1) is 0 Å². The second-order valence-electron chi connectivity index (χ2n) is 6.86. The summed E-state index contributed by atoms with van der Waals surface area (Å²) < 4.78 is 1.69. The predicted octanol–water partition coefficient (Wildman–Crippen LogP) is 2.18. The maximum Gasteiger partial charge on any atom is 0.248 e. The van der Waals surface area contributed by atoms with E-state index in [0.29, 0.717) is 23.0 Å². The molecule has 0 aliphatic carbocycles. The van der Waals surface area contributed by atoms with E-state index in [1.54, 1.807) is 17.1 Å². The normalized spacial score (nSPS) is 15.8. The van der Waals surface area contributed by atoms with Crippen molar-refractivity contribution in [1.82, 2.24) is 19.7 Å². The lowest BCUT2D eigenvalue weighted by atomic mass is 9.97. The fourth-order valence-electron chi connectivity index (χ4n) is 3.35. The molecule has 8 heteroatoms. The van der Waals surface area contributed by atoms with Crippen LogP contribution in [-0.4, -0.2) is 39.8 Å². The molecule has 1 atom stereocenters. The number of primary amides is 1. The quantitative estimate of drug-likeness (QED) is 0.725. The van der Waals surface area contributed by atoms with Gasteiger partial charge in [0.2, 0.25) is 11.9 Å². The van der Waals surface area contributed by atoms with Crippen molar-refractivity contribution in [3.8, 4) is 11.4 Å². The smallest absolute Gasteiger partial charge is 0.248 e. The molecule has 1 aliphatic heterocycles. The van der Waals surface area contributed by atoms with Gasteiger partial charge in [0.25, 0.3) is 0 Å². The zero-order valence-electron chi connectivity index (χ0n) is 15.9. The van der Waals surface area contributed by atoms with Crippen LogP contribution >= 0.6 is 0 Å². The van der Waals surface area contributed by atoms with Gasteiger partial charge in [-0.25, -0.2) is 4.68 Å². The van der Waals surface area contributed by atoms with E-state index in [1.807, 2.05) is 62.3 Å². The highest BCUT2D eigenvalue weighted by Gasteiger charge is 2.33. The first kappa shape index (κ1) is 17.7. The van der Waals surface area contributed by atoms with Crippen LogP contribution < -0.4 is 16.0 Å². The van der Waals surface area contributed by atoms with Crippen LogP contribution in [0.3, 0.4) is 0 Å². The zero-order valence-corrected chi connectivity index (χ0v) is 15.9. The highest BCUT2D eigenvalue weighted by Crippen LogP contribution is 2.35. The van der Waals surface area contributed by atoms with Gasteiger partial charge in [0, 0.05) is 43.4 Å². The minimum atomic E-state index is -0.503. The number of hydrogen-bond donors (Lipinski definition) is 2. The molecule has 4 rings (SSSR count). The van der Waals surface area contributed by atoms with E-state index < -0.39 is 11.9 Å². The monoisotopic (exact) mass is 375 g/mol. The van der Waals surface area contributed by atoms with Gasteiger partial charge in [0.15, 0.2) is 5.82 Å². The number of hydrogen-bond acceptors (Lipinski definition) is 6. The number of rotatable bonds is 4. The Hall–Kier alpha value is -3.68. The van der Waals surface area contributed by atoms with E-state index in [1.165, 1.54) is 0 Å². The summed E-state index contributed by atoms with van der Waals surface area (Å²) in [5.74, 6) is 0.625. The number of carbonyl (C=O) groups is 1. The SMILES string of the molecule is CC1=C(C(N)=O)C(c2cccnc2)n2nc(-c3ccc(N(C)C)cc3)nc2N1. The van der Waals surface area contributed by atoms with Crippen molar-refractivity contribution in [2.75, 3.05) is 24.3 Å². The first-order valence-corrected chi connectivity index (χ1v) is 8.87. The molecular formula is C20H21N7O. The van der Waals surface area contributed by atoms with E-state index in [0.717, 1.165) is 16.8 Å². The Morgan fingerprint density at radius 3 is 2.57 bits per heavy atom. The number of carbonyl (C=O) groups excluding carboxylic acids is 1. The van der Waals surface area contributed by atoms with Crippen LogP contribution in [0.15, 0.2) is 60.1 Å². The molecule has 0 saturated carbocycles. The Labute approximate surface area is 162 Å². The van der Waals surface area contributed by atoms with Gasteiger partial charge in [0.1, 0.15) is 6.04 Å². The third kappa shape index (κ3) is 2.98. The van der Waals surface area contributed by atoms with E-state index in [4.69, 9.17) is 5.73 Å². The molecule has 2 aromatic heterocycles. The zero-order chi connectivity index (χ0) is 19.8. The fourth-order valence-corrected chi connectivity index (χ4v) is 3.35. The number of amides is 1. The van der Waals surface area contributed by atoms with E-state index in [9.17, 15) is 4.79 Å². The van der Waals surface area contributed by atoms with Crippen molar-refractivity contribution >= 4 is 17.5 Å². The molecule has 0 bridgehead atoms. The number of pyridine rings is 1. The molecule has 0 fully saturated rings. The average molecular weight is 375 g/mol. The van der Waals surface area contributed by atoms with Crippen LogP contribution in [-0.2, 0) is 4.79 Å². The van der Waals surface area contributed by atoms with Crippen molar-refractivity contribution in [2.45, 2.75) is 13.0 Å². The van der Waals surface area contributed by atoms with Gasteiger partial charge in [-0.15, -0.1) is 5.10 Å². The second kappa shape index (κ2) is 6.80. The third-order valence-corrected chi connectivity index (χ3v) is 4.76. The van der Waals surface area contributed by atoms with Gasteiger partial charge in [-0.1, -0.05) is 6.07 Å². The maximum atomic E-state index is 12.2. The van der Waals surface area contributed by atoms with Crippen LogP contribution in [0.4, 0.5) is 11.6 Å². The number of anilines is 2. The van der Waals surface area contributed by atoms with Gasteiger partial charge in [0.05, 0.1) is 5.57 Å². The Morgan fingerprint density at radius 1 is 1.21 bits per heavy atom. The lowest BCUT2D eigenvalue weighted by molar-refractivity contribution is -0.115. The summed E-state index contributed by atoms with van der Waals surface area (Å²) in [4.78, 5) is 23.0. The summed E-state index contributed by atoms with van der Waals surface area (Å²) in [7, 11) is 3.98. The first-order chi connectivity index (χ1) is 13.5. The number of nitrogens with zero attached hydrogens (tertiary/aromatic N) is 5. The molecule has 1 aliphatic rings. The number of benzene rings is 1. The number of nitrogens with two attached hydrogens (primary N) is 1. The minimum absolute atomic E-state index is 0.444. The maximum absolute atomic E-state index is 12.2. The summed E-state index contributed by atoms with van der Waals surface area (Å²) >= 11 is 0. The van der Waals surface area contributed by atoms with E-state index >= 15 is 0 Å². The van der Waals surface area contributed by atoms with Crippen LogP contribution in [0.1, 0.15) is 18.5 Å². The molecular weight excluding hydrogens is 354 g/mol. The number of aromatic nitrogens is 4. The minimum Gasteiger partial charge on any atom is -0.378 e. The molecule has 1 aromatic carbocycles. The highest BCUT2D eigenvalue weighted by atomic mass is 16.1. The van der Waals surface area contributed by atoms with E-state index in [-0.39, 0.29) is 0 Å². The average Bonchev–Trinajstić information content (AvgIpc) is 3.11. The summed E-state index contributed by atoms with van der Waals surface area (Å²) in [5.41, 5.74) is 9.58. The molecule has 28 heavy (non-hydrogen) atoms. The molecule has 0 spiro atoms. The Balaban J connectivity index is 1.81. The van der Waals surface area contributed by atoms with Crippen molar-refractivity contribution in [3.63, 3.8) is 0 Å². The fraction of sp³-hybridized carbons (Fsp3) is 0.200. The van der Waals surface area contributed by atoms with Crippen molar-refractivity contribution in [3.05, 3.63) is 65.6 Å². The molecule has 8 nitrogen and oxygen atoms in total. The Bertz CT molecular complexity index is 1050. The molecule has 0 radical (unpaired) electrons. The van der Waals surface area contributed by atoms with Gasteiger partial charge < -0.3 is 16.0 Å². The standard InChI is InChI=1S/C20H21N7O/c1-12-16(18(21)28)17(14-5-4-10-22-11-14)27-20(23-12)24-19(25-27)13-6-8-15(9-7-13)26(2)3/h4-11,17H,1-3H3,(H2,21,28)(H,23,24,25). The predicted molar refractivity (Wildman–Crippen MR) is 108 cm³/mol. The molecule has 3 heterocycles. The number of fused-ring (bicyclic) bond motifs is 1. The molecule has 3 aromatic rings. The molecule has 0 saturated heterocycles. The highest BCUT2D eigenvalue weighted by molar-refractivity contribution is 5.95. The van der Waals surface area contributed by atoms with Crippen LogP contribution in [0.5, 0.6) is 0 Å². The van der Waals surface area contributed by atoms with Gasteiger partial charge in [-0.2, -0.15) is 4.98 Å². The van der Waals surface area contributed by atoms with Crippen molar-refractivity contribution in [2.24, 2.45) is 5.73 Å². The van der Waals surface area contributed by atoms with Crippen molar-refractivity contribution < 1.29 is 4.79 Å². The molecule has 1 unspecified atom stereocenters. The Kier molecular flexibility index (Phi) is 4.31. The summed E-state index contributed by atoms with van der Waals surface area (Å²) in [6.45, 7) is 1.81. The van der Waals surface area contributed by atoms with Gasteiger partial charge in [-0.05, 0) is 42.8 Å². The van der Waals surface area contributed by atoms with E-state index in [2.05, 4.69) is 20.4 Å². The third-order valence-electron chi connectivity index (χ3n) is 4.76. The topological polar surface area (TPSA) is 102 Å². The summed E-state index contributed by atoms with van der Waals surface area (Å²) in [6, 6.07) is 11.2. The summed E-state index contributed by atoms with van der Waals surface area (Å²) in [5, 5.41) is 7.83. The Morgan fingerprint density at radius 2 is 1.96 bits per heavy atom. The first-order valence-electron chi connectivity index (χ1n) is 8.87. The number of allylic oxidation sites excluding steroid dienone is 1. The largest absolute Gasteiger partial charge is 0.378 e. The lowest BCUT2D eigenvalue weighted by Gasteiger charge is -2.27. The van der Waals surface area contributed by atoms with Gasteiger partial charge in [-0.3, -0.25) is 9.78 Å². The molecule has 1 amide bonds. The van der Waals surface area contributed by atoms with Crippen LogP contribution in [0.2, 0.25) is 0 Å². The molecule has 3 N–H and O–H groups in total. The van der Waals surface area contributed by atoms with Crippen LogP contribution in [0.25, 0.3) is 11.4 Å². The number of nitrogens with one attached hydrogen (secondary N) is 1. The van der Waals surface area contributed by atoms with Gasteiger partial charge >= 0.3 is 0 Å². The summed E-state index contributed by atoms with van der Waals surface area (Å²) in [6.07, 6.45) is 3.40. The van der Waals surface area contributed by atoms with Crippen molar-refractivity contribution in [1.29, 1.82) is 0 Å². The lowest BCUT2D eigenvalue weighted by Crippen LogP contribution is -2.31.